The molecule has 1 fully saturated rings. The molecule has 4 nitrogen and oxygen atoms in total. The molecule has 0 aliphatic heterocycles. The topological polar surface area (TPSA) is 50.7 Å². The van der Waals surface area contributed by atoms with Crippen LogP contribution in [-0.2, 0) is 6.18 Å². The molecule has 118 valence electrons. The fraction of sp³-hybridized carbons (Fsp3) is 0.500. The van der Waals surface area contributed by atoms with Gasteiger partial charge in [0.1, 0.15) is 5.65 Å². The molecule has 0 radical (unpaired) electrons. The minimum atomic E-state index is -4.62. The Balaban J connectivity index is 2.51. The zero-order valence-corrected chi connectivity index (χ0v) is 12.8. The Morgan fingerprint density at radius 1 is 1.41 bits per heavy atom. The number of nitrogens with one attached hydrogen (secondary N) is 1. The molecule has 2 heterocycles. The van der Waals surface area contributed by atoms with Crippen molar-refractivity contribution in [3.05, 3.63) is 32.4 Å². The molecule has 8 heteroatoms. The summed E-state index contributed by atoms with van der Waals surface area (Å²) < 4.78 is 41.7. The smallest absolute Gasteiger partial charge is 0.300 e. The van der Waals surface area contributed by atoms with Gasteiger partial charge >= 0.3 is 6.18 Å². The first-order valence-electron chi connectivity index (χ1n) is 6.97. The fourth-order valence-corrected chi connectivity index (χ4v) is 2.95. The summed E-state index contributed by atoms with van der Waals surface area (Å²) in [6.45, 7) is 3.57. The average molecular weight is 329 g/mol. The Morgan fingerprint density at radius 3 is 2.55 bits per heavy atom. The molecular formula is C14H14F3N3OS. The third-order valence-electron chi connectivity index (χ3n) is 3.73. The average Bonchev–Trinajstić information content (AvgIpc) is 3.19. The van der Waals surface area contributed by atoms with Gasteiger partial charge in [-0.05, 0) is 45.0 Å². The van der Waals surface area contributed by atoms with Crippen LogP contribution in [-0.4, -0.2) is 14.5 Å². The molecule has 2 aromatic heterocycles. The van der Waals surface area contributed by atoms with Gasteiger partial charge < -0.3 is 0 Å². The molecule has 0 atom stereocenters. The summed E-state index contributed by atoms with van der Waals surface area (Å²) in [6, 6.07) is 0.790. The van der Waals surface area contributed by atoms with Crippen LogP contribution in [0.15, 0.2) is 10.9 Å². The summed E-state index contributed by atoms with van der Waals surface area (Å²) >= 11 is 5.09. The third kappa shape index (κ3) is 2.45. The first-order chi connectivity index (χ1) is 10.2. The van der Waals surface area contributed by atoms with Gasteiger partial charge in [0, 0.05) is 17.7 Å². The monoisotopic (exact) mass is 329 g/mol. The lowest BCUT2D eigenvalue weighted by Crippen LogP contribution is -2.21. The molecule has 0 bridgehead atoms. The molecule has 22 heavy (non-hydrogen) atoms. The van der Waals surface area contributed by atoms with Crippen LogP contribution in [0.4, 0.5) is 13.2 Å². The first kappa shape index (κ1) is 15.2. The van der Waals surface area contributed by atoms with Crippen molar-refractivity contribution < 1.29 is 13.2 Å². The number of rotatable bonds is 2. The zero-order chi connectivity index (χ0) is 16.2. The summed E-state index contributed by atoms with van der Waals surface area (Å²) in [4.78, 5) is 18.7. The maximum absolute atomic E-state index is 13.4. The SMILES string of the molecule is CC(C)n1c(=S)[nH]c(=O)c2c(C(F)(F)F)cc(C3CC3)nc21. The van der Waals surface area contributed by atoms with Crippen LogP contribution in [0.3, 0.4) is 0 Å². The molecule has 1 N–H and O–H groups in total. The van der Waals surface area contributed by atoms with Crippen molar-refractivity contribution in [1.29, 1.82) is 0 Å². The Hall–Kier alpha value is -1.70. The van der Waals surface area contributed by atoms with Crippen LogP contribution in [0.5, 0.6) is 0 Å². The van der Waals surface area contributed by atoms with E-state index in [0.717, 1.165) is 18.9 Å². The summed E-state index contributed by atoms with van der Waals surface area (Å²) in [5.74, 6) is 0.0407. The normalized spacial score (nSPS) is 15.7. The quantitative estimate of drug-likeness (QED) is 0.849. The first-order valence-corrected chi connectivity index (χ1v) is 7.37. The summed E-state index contributed by atoms with van der Waals surface area (Å²) in [5, 5.41) is -0.445. The minimum absolute atomic E-state index is 0.0143. The second-order valence-corrected chi connectivity index (χ2v) is 6.18. The predicted molar refractivity (Wildman–Crippen MR) is 78.5 cm³/mol. The van der Waals surface area contributed by atoms with Gasteiger partial charge in [-0.25, -0.2) is 4.98 Å². The van der Waals surface area contributed by atoms with E-state index in [-0.39, 0.29) is 22.4 Å². The van der Waals surface area contributed by atoms with Crippen molar-refractivity contribution in [2.75, 3.05) is 0 Å². The van der Waals surface area contributed by atoms with Crippen LogP contribution >= 0.6 is 12.2 Å². The van der Waals surface area contributed by atoms with E-state index in [2.05, 4.69) is 9.97 Å². The molecular weight excluding hydrogens is 315 g/mol. The highest BCUT2D eigenvalue weighted by Gasteiger charge is 2.37. The highest BCUT2D eigenvalue weighted by molar-refractivity contribution is 7.71. The van der Waals surface area contributed by atoms with Crippen LogP contribution in [0.1, 0.15) is 49.9 Å². The molecule has 0 spiro atoms. The number of nitrogens with zero attached hydrogens (tertiary/aromatic N) is 2. The number of aromatic amines is 1. The van der Waals surface area contributed by atoms with E-state index in [9.17, 15) is 18.0 Å². The van der Waals surface area contributed by atoms with Gasteiger partial charge in [0.15, 0.2) is 4.77 Å². The lowest BCUT2D eigenvalue weighted by molar-refractivity contribution is -0.136. The molecule has 1 aliphatic carbocycles. The maximum atomic E-state index is 13.4. The number of H-pyrrole nitrogens is 1. The standard InChI is InChI=1S/C14H14F3N3OS/c1-6(2)20-11-10(12(21)19-13(20)22)8(14(15,16)17)5-9(18-11)7-3-4-7/h5-7H,3-4H2,1-2H3,(H,19,21,22). The van der Waals surface area contributed by atoms with Crippen LogP contribution < -0.4 is 5.56 Å². The molecule has 3 rings (SSSR count). The molecule has 0 aromatic carbocycles. The second kappa shape index (κ2) is 4.91. The van der Waals surface area contributed by atoms with Gasteiger partial charge in [0.05, 0.1) is 10.9 Å². The van der Waals surface area contributed by atoms with E-state index < -0.39 is 22.7 Å². The van der Waals surface area contributed by atoms with Crippen molar-refractivity contribution in [2.45, 2.75) is 44.8 Å². The molecule has 1 saturated carbocycles. The van der Waals surface area contributed by atoms with Crippen molar-refractivity contribution >= 4 is 23.3 Å². The van der Waals surface area contributed by atoms with E-state index in [1.807, 2.05) is 0 Å². The second-order valence-electron chi connectivity index (χ2n) is 5.79. The van der Waals surface area contributed by atoms with Crippen molar-refractivity contribution in [2.24, 2.45) is 0 Å². The number of hydrogen-bond donors (Lipinski definition) is 1. The van der Waals surface area contributed by atoms with Gasteiger partial charge in [0.2, 0.25) is 0 Å². The summed E-state index contributed by atoms with van der Waals surface area (Å²) in [5.41, 5.74) is -1.39. The van der Waals surface area contributed by atoms with Crippen LogP contribution in [0.25, 0.3) is 11.0 Å². The molecule has 0 amide bonds. The van der Waals surface area contributed by atoms with Gasteiger partial charge in [0.25, 0.3) is 5.56 Å². The summed E-state index contributed by atoms with van der Waals surface area (Å²) in [7, 11) is 0. The molecule has 0 saturated heterocycles. The van der Waals surface area contributed by atoms with Gasteiger partial charge in [-0.3, -0.25) is 14.3 Å². The van der Waals surface area contributed by atoms with E-state index in [1.54, 1.807) is 13.8 Å². The Kier molecular flexibility index (Phi) is 3.39. The van der Waals surface area contributed by atoms with Crippen molar-refractivity contribution in [3.8, 4) is 0 Å². The lowest BCUT2D eigenvalue weighted by atomic mass is 10.1. The Labute approximate surface area is 129 Å². The van der Waals surface area contributed by atoms with Crippen molar-refractivity contribution in [1.82, 2.24) is 14.5 Å². The Bertz CT molecular complexity index is 862. The number of alkyl halides is 3. The van der Waals surface area contributed by atoms with Gasteiger partial charge in [-0.1, -0.05) is 0 Å². The number of aromatic nitrogens is 3. The van der Waals surface area contributed by atoms with E-state index >= 15 is 0 Å². The summed E-state index contributed by atoms with van der Waals surface area (Å²) in [6.07, 6.45) is -2.97. The van der Waals surface area contributed by atoms with Gasteiger partial charge in [-0.15, -0.1) is 0 Å². The molecule has 2 aromatic rings. The molecule has 0 unspecified atom stereocenters. The number of pyridine rings is 1. The van der Waals surface area contributed by atoms with Crippen LogP contribution in [0, 0.1) is 4.77 Å². The fourth-order valence-electron chi connectivity index (χ4n) is 2.56. The minimum Gasteiger partial charge on any atom is -0.300 e. The number of fused-ring (bicyclic) bond motifs is 1. The highest BCUT2D eigenvalue weighted by atomic mass is 32.1. The van der Waals surface area contributed by atoms with E-state index in [1.165, 1.54) is 4.57 Å². The lowest BCUT2D eigenvalue weighted by Gasteiger charge is -2.17. The molecule has 1 aliphatic rings. The number of hydrogen-bond acceptors (Lipinski definition) is 3. The Morgan fingerprint density at radius 2 is 2.05 bits per heavy atom. The maximum Gasteiger partial charge on any atom is 0.417 e. The van der Waals surface area contributed by atoms with E-state index in [0.29, 0.717) is 5.69 Å². The third-order valence-corrected chi connectivity index (χ3v) is 4.03. The predicted octanol–water partition coefficient (Wildman–Crippen LogP) is 3.93. The van der Waals surface area contributed by atoms with E-state index in [4.69, 9.17) is 12.2 Å². The number of halogens is 3. The highest BCUT2D eigenvalue weighted by Crippen LogP contribution is 2.42. The van der Waals surface area contributed by atoms with Crippen LogP contribution in [0.2, 0.25) is 0 Å². The largest absolute Gasteiger partial charge is 0.417 e. The van der Waals surface area contributed by atoms with Crippen molar-refractivity contribution in [3.63, 3.8) is 0 Å². The zero-order valence-electron chi connectivity index (χ0n) is 12.0. The van der Waals surface area contributed by atoms with Gasteiger partial charge in [-0.2, -0.15) is 13.2 Å².